The van der Waals surface area contributed by atoms with Crippen LogP contribution in [0.5, 0.6) is 5.75 Å². The molecule has 0 fully saturated rings. The lowest BCUT2D eigenvalue weighted by Crippen LogP contribution is -2.21. The van der Waals surface area contributed by atoms with Gasteiger partial charge in [0.25, 0.3) is 0 Å². The van der Waals surface area contributed by atoms with Crippen molar-refractivity contribution in [2.75, 3.05) is 20.6 Å². The number of benzene rings is 2. The zero-order valence-electron chi connectivity index (χ0n) is 15.0. The van der Waals surface area contributed by atoms with Gasteiger partial charge in [-0.15, -0.1) is 12.4 Å². The molecule has 1 aliphatic rings. The predicted octanol–water partition coefficient (Wildman–Crippen LogP) is 5.51. The molecule has 0 bridgehead atoms. The van der Waals surface area contributed by atoms with Crippen molar-refractivity contribution in [2.24, 2.45) is 5.92 Å². The Bertz CT molecular complexity index is 672. The normalized spacial score (nSPS) is 16.2. The number of halogens is 2. The Hall–Kier alpha value is -1.03. The molecule has 0 spiro atoms. The Morgan fingerprint density at radius 2 is 1.84 bits per heavy atom. The summed E-state index contributed by atoms with van der Waals surface area (Å²) in [5, 5.41) is 0. The zero-order chi connectivity index (χ0) is 16.9. The van der Waals surface area contributed by atoms with Gasteiger partial charge >= 0.3 is 0 Å². The predicted molar refractivity (Wildman–Crippen MR) is 111 cm³/mol. The van der Waals surface area contributed by atoms with Gasteiger partial charge in [0.05, 0.1) is 0 Å². The Labute approximate surface area is 166 Å². The Balaban J connectivity index is 0.00000225. The minimum atomic E-state index is 0. The third-order valence-corrected chi connectivity index (χ3v) is 5.34. The second-order valence-corrected chi connectivity index (χ2v) is 7.96. The summed E-state index contributed by atoms with van der Waals surface area (Å²) in [4.78, 5) is 2.29. The van der Waals surface area contributed by atoms with E-state index in [0.29, 0.717) is 6.61 Å². The summed E-state index contributed by atoms with van der Waals surface area (Å²) in [6, 6.07) is 14.9. The Kier molecular flexibility index (Phi) is 7.80. The second-order valence-electron chi connectivity index (χ2n) is 7.05. The fourth-order valence-electron chi connectivity index (χ4n) is 3.33. The van der Waals surface area contributed by atoms with Crippen molar-refractivity contribution in [1.82, 2.24) is 4.90 Å². The molecule has 1 aliphatic carbocycles. The van der Waals surface area contributed by atoms with E-state index in [0.717, 1.165) is 16.1 Å². The maximum atomic E-state index is 5.98. The van der Waals surface area contributed by atoms with Gasteiger partial charge in [0.2, 0.25) is 0 Å². The first-order valence-electron chi connectivity index (χ1n) is 8.74. The lowest BCUT2D eigenvalue weighted by Gasteiger charge is -2.26. The second kappa shape index (κ2) is 9.61. The highest BCUT2D eigenvalue weighted by atomic mass is 79.9. The molecule has 0 saturated carbocycles. The summed E-state index contributed by atoms with van der Waals surface area (Å²) in [5.74, 6) is 1.82. The number of fused-ring (bicyclic) bond motifs is 1. The van der Waals surface area contributed by atoms with Gasteiger partial charge < -0.3 is 9.64 Å². The lowest BCUT2D eigenvalue weighted by molar-refractivity contribution is 0.304. The number of rotatable bonds is 6. The lowest BCUT2D eigenvalue weighted by atomic mass is 9.82. The molecule has 0 aromatic heterocycles. The van der Waals surface area contributed by atoms with E-state index in [9.17, 15) is 0 Å². The number of hydrogen-bond donors (Lipinski definition) is 0. The van der Waals surface area contributed by atoms with Crippen LogP contribution in [0.2, 0.25) is 0 Å². The Morgan fingerprint density at radius 1 is 1.08 bits per heavy atom. The molecule has 3 rings (SSSR count). The monoisotopic (exact) mass is 423 g/mol. The highest BCUT2D eigenvalue weighted by Crippen LogP contribution is 2.30. The summed E-state index contributed by atoms with van der Waals surface area (Å²) < 4.78 is 7.08. The molecule has 2 aromatic carbocycles. The minimum Gasteiger partial charge on any atom is -0.489 e. The summed E-state index contributed by atoms with van der Waals surface area (Å²) in [5.41, 5.74) is 4.19. The van der Waals surface area contributed by atoms with Gasteiger partial charge in [-0.2, -0.15) is 0 Å². The van der Waals surface area contributed by atoms with Crippen LogP contribution in [0.25, 0.3) is 0 Å². The van der Waals surface area contributed by atoms with E-state index in [4.69, 9.17) is 4.74 Å². The molecule has 0 aliphatic heterocycles. The van der Waals surface area contributed by atoms with Gasteiger partial charge in [-0.3, -0.25) is 0 Å². The van der Waals surface area contributed by atoms with Crippen molar-refractivity contribution in [3.8, 4) is 5.75 Å². The van der Waals surface area contributed by atoms with Crippen LogP contribution in [0, 0.1) is 5.92 Å². The molecule has 1 atom stereocenters. The van der Waals surface area contributed by atoms with E-state index in [1.54, 1.807) is 0 Å². The topological polar surface area (TPSA) is 12.5 Å². The quantitative estimate of drug-likeness (QED) is 0.606. The van der Waals surface area contributed by atoms with Crippen molar-refractivity contribution in [1.29, 1.82) is 0 Å². The first-order valence-corrected chi connectivity index (χ1v) is 9.53. The molecular weight excluding hydrogens is 398 g/mol. The van der Waals surface area contributed by atoms with Gasteiger partial charge in [0.1, 0.15) is 12.4 Å². The van der Waals surface area contributed by atoms with Crippen molar-refractivity contribution in [3.05, 3.63) is 63.6 Å². The largest absolute Gasteiger partial charge is 0.489 e. The molecule has 2 nitrogen and oxygen atoms in total. The molecule has 0 N–H and O–H groups in total. The van der Waals surface area contributed by atoms with E-state index in [2.05, 4.69) is 77.4 Å². The van der Waals surface area contributed by atoms with Crippen molar-refractivity contribution in [3.63, 3.8) is 0 Å². The first kappa shape index (κ1) is 20.3. The van der Waals surface area contributed by atoms with Gasteiger partial charge in [0, 0.05) is 4.47 Å². The molecule has 4 heteroatoms. The van der Waals surface area contributed by atoms with Crippen LogP contribution in [0.1, 0.15) is 29.5 Å². The van der Waals surface area contributed by atoms with Gasteiger partial charge in [0.15, 0.2) is 0 Å². The third-order valence-electron chi connectivity index (χ3n) is 4.81. The highest BCUT2D eigenvalue weighted by molar-refractivity contribution is 9.10. The van der Waals surface area contributed by atoms with Crippen molar-refractivity contribution in [2.45, 2.75) is 32.3 Å². The molecule has 0 radical (unpaired) electrons. The number of ether oxygens (including phenoxy) is 1. The number of hydrogen-bond acceptors (Lipinski definition) is 2. The Morgan fingerprint density at radius 3 is 2.56 bits per heavy atom. The molecule has 0 saturated heterocycles. The minimum absolute atomic E-state index is 0. The summed E-state index contributed by atoms with van der Waals surface area (Å²) in [6.07, 6.45) is 5.00. The smallest absolute Gasteiger partial charge is 0.120 e. The van der Waals surface area contributed by atoms with E-state index in [-0.39, 0.29) is 12.4 Å². The highest BCUT2D eigenvalue weighted by Gasteiger charge is 2.19. The third kappa shape index (κ3) is 6.02. The number of nitrogens with zero attached hydrogens (tertiary/aromatic N) is 1. The van der Waals surface area contributed by atoms with Gasteiger partial charge in [-0.05, 0) is 93.2 Å². The van der Waals surface area contributed by atoms with Crippen LogP contribution in [-0.4, -0.2) is 25.5 Å². The molecule has 1 unspecified atom stereocenters. The van der Waals surface area contributed by atoms with E-state index < -0.39 is 0 Å². The van der Waals surface area contributed by atoms with Crippen LogP contribution >= 0.6 is 28.3 Å². The van der Waals surface area contributed by atoms with Crippen LogP contribution in [0.15, 0.2) is 46.9 Å². The van der Waals surface area contributed by atoms with E-state index >= 15 is 0 Å². The average Bonchev–Trinajstić information content (AvgIpc) is 2.59. The summed E-state index contributed by atoms with van der Waals surface area (Å²) >= 11 is 3.46. The molecular formula is C21H27BrClNO. The average molecular weight is 425 g/mol. The molecule has 0 amide bonds. The zero-order valence-corrected chi connectivity index (χ0v) is 17.4. The molecule has 2 aromatic rings. The maximum Gasteiger partial charge on any atom is 0.120 e. The number of aryl methyl sites for hydroxylation is 1. The standard InChI is InChI=1S/C21H26BrNO.ClH/c1-23(2)12-11-16-3-6-19-14-21(10-7-18(19)13-16)24-15-17-4-8-20(22)9-5-17;/h4-5,7-10,14,16H,3,6,11-13,15H2,1-2H3;1H. The maximum absolute atomic E-state index is 5.98. The van der Waals surface area contributed by atoms with E-state index in [1.807, 2.05) is 0 Å². The van der Waals surface area contributed by atoms with Crippen LogP contribution in [0.3, 0.4) is 0 Å². The van der Waals surface area contributed by atoms with E-state index in [1.165, 1.54) is 48.9 Å². The molecule has 25 heavy (non-hydrogen) atoms. The summed E-state index contributed by atoms with van der Waals surface area (Å²) in [6.45, 7) is 1.81. The fraction of sp³-hybridized carbons (Fsp3) is 0.429. The molecule has 0 heterocycles. The van der Waals surface area contributed by atoms with Crippen molar-refractivity contribution >= 4 is 28.3 Å². The SMILES string of the molecule is CN(C)CCC1CCc2cc(OCc3ccc(Br)cc3)ccc2C1.Cl. The summed E-state index contributed by atoms with van der Waals surface area (Å²) in [7, 11) is 4.32. The molecule has 136 valence electrons. The van der Waals surface area contributed by atoms with Gasteiger partial charge in [-0.25, -0.2) is 0 Å². The van der Waals surface area contributed by atoms with Crippen LogP contribution < -0.4 is 4.74 Å². The van der Waals surface area contributed by atoms with Gasteiger partial charge in [-0.1, -0.05) is 34.1 Å². The first-order chi connectivity index (χ1) is 11.6. The van der Waals surface area contributed by atoms with Crippen molar-refractivity contribution < 1.29 is 4.74 Å². The van der Waals surface area contributed by atoms with Crippen LogP contribution in [-0.2, 0) is 19.4 Å². The van der Waals surface area contributed by atoms with Crippen LogP contribution in [0.4, 0.5) is 0 Å². The fourth-order valence-corrected chi connectivity index (χ4v) is 3.60.